The van der Waals surface area contributed by atoms with Crippen molar-refractivity contribution in [3.63, 3.8) is 0 Å². The van der Waals surface area contributed by atoms with E-state index in [1.165, 1.54) is 11.3 Å². The number of nitrogens with two attached hydrogens (primary N) is 1. The first-order valence-electron chi connectivity index (χ1n) is 5.75. The molecule has 0 saturated carbocycles. The summed E-state index contributed by atoms with van der Waals surface area (Å²) in [6.45, 7) is 2.39. The normalized spacial score (nSPS) is 11.5. The lowest BCUT2D eigenvalue weighted by molar-refractivity contribution is 0.603. The quantitative estimate of drug-likeness (QED) is 0.880. The molecule has 0 aliphatic heterocycles. The van der Waals surface area contributed by atoms with E-state index in [-0.39, 0.29) is 4.21 Å². The van der Waals surface area contributed by atoms with Crippen LogP contribution in [0.25, 0.3) is 0 Å². The minimum Gasteiger partial charge on any atom is -0.330 e. The van der Waals surface area contributed by atoms with Gasteiger partial charge in [0.1, 0.15) is 10.0 Å². The third-order valence-corrected chi connectivity index (χ3v) is 5.44. The summed E-state index contributed by atoms with van der Waals surface area (Å²) in [5.74, 6) is 0.328. The number of hydrogen-bond donors (Lipinski definition) is 2. The van der Waals surface area contributed by atoms with Crippen molar-refractivity contribution in [1.82, 2.24) is 4.98 Å². The van der Waals surface area contributed by atoms with Gasteiger partial charge in [0.05, 0.1) is 0 Å². The lowest BCUT2D eigenvalue weighted by atomic mass is 10.3. The second-order valence-electron chi connectivity index (χ2n) is 4.08. The van der Waals surface area contributed by atoms with Gasteiger partial charge in [-0.15, -0.1) is 11.3 Å². The Kier molecular flexibility index (Phi) is 4.18. The van der Waals surface area contributed by atoms with Gasteiger partial charge in [-0.25, -0.2) is 13.4 Å². The van der Waals surface area contributed by atoms with E-state index in [1.807, 2.05) is 13.0 Å². The standard InChI is InChI=1S/C12H15N3O2S2/c1-9-5-7-14-11(8-9)15-19(16,17)12-3-2-10(18-12)4-6-13/h2-3,5,7-8H,4,6,13H2,1H3,(H,14,15). The highest BCUT2D eigenvalue weighted by Gasteiger charge is 2.17. The molecule has 0 saturated heterocycles. The van der Waals surface area contributed by atoms with E-state index in [2.05, 4.69) is 9.71 Å². The molecule has 2 rings (SSSR count). The number of aromatic nitrogens is 1. The molecular weight excluding hydrogens is 282 g/mol. The number of anilines is 1. The molecule has 0 aliphatic rings. The summed E-state index contributed by atoms with van der Waals surface area (Å²) in [6, 6.07) is 6.87. The Labute approximate surface area is 116 Å². The first-order chi connectivity index (χ1) is 9.01. The van der Waals surface area contributed by atoms with E-state index < -0.39 is 10.0 Å². The zero-order valence-corrected chi connectivity index (χ0v) is 12.1. The number of rotatable bonds is 5. The Hall–Kier alpha value is -1.44. The number of nitrogens with zero attached hydrogens (tertiary/aromatic N) is 1. The molecule has 5 nitrogen and oxygen atoms in total. The number of pyridine rings is 1. The molecule has 0 radical (unpaired) electrons. The summed E-state index contributed by atoms with van der Waals surface area (Å²) >= 11 is 1.23. The number of hydrogen-bond acceptors (Lipinski definition) is 5. The van der Waals surface area contributed by atoms with Crippen LogP contribution in [0.3, 0.4) is 0 Å². The van der Waals surface area contributed by atoms with Crippen molar-refractivity contribution in [3.05, 3.63) is 40.9 Å². The molecule has 2 aromatic rings. The number of thiophene rings is 1. The lowest BCUT2D eigenvalue weighted by Gasteiger charge is -2.05. The van der Waals surface area contributed by atoms with Crippen LogP contribution < -0.4 is 10.5 Å². The zero-order chi connectivity index (χ0) is 13.9. The monoisotopic (exact) mass is 297 g/mol. The van der Waals surface area contributed by atoms with Crippen molar-refractivity contribution < 1.29 is 8.42 Å². The largest absolute Gasteiger partial charge is 0.330 e. The van der Waals surface area contributed by atoms with Crippen molar-refractivity contribution in [1.29, 1.82) is 0 Å². The van der Waals surface area contributed by atoms with Gasteiger partial charge in [0, 0.05) is 11.1 Å². The molecule has 102 valence electrons. The van der Waals surface area contributed by atoms with E-state index in [4.69, 9.17) is 5.73 Å². The Balaban J connectivity index is 2.22. The van der Waals surface area contributed by atoms with Crippen LogP contribution in [0.4, 0.5) is 5.82 Å². The number of aryl methyl sites for hydroxylation is 1. The SMILES string of the molecule is Cc1ccnc(NS(=O)(=O)c2ccc(CCN)s2)c1. The van der Waals surface area contributed by atoms with Crippen molar-refractivity contribution in [3.8, 4) is 0 Å². The van der Waals surface area contributed by atoms with Crippen LogP contribution in [0.2, 0.25) is 0 Å². The van der Waals surface area contributed by atoms with E-state index in [9.17, 15) is 8.42 Å². The molecule has 19 heavy (non-hydrogen) atoms. The fourth-order valence-electron chi connectivity index (χ4n) is 1.56. The van der Waals surface area contributed by atoms with Crippen LogP contribution in [0, 0.1) is 6.92 Å². The average Bonchev–Trinajstić information content (AvgIpc) is 2.78. The second-order valence-corrected chi connectivity index (χ2v) is 7.16. The van der Waals surface area contributed by atoms with Gasteiger partial charge in [0.2, 0.25) is 0 Å². The molecule has 0 unspecified atom stereocenters. The molecule has 2 aromatic heterocycles. The average molecular weight is 297 g/mol. The highest BCUT2D eigenvalue weighted by Crippen LogP contribution is 2.23. The molecule has 7 heteroatoms. The maximum atomic E-state index is 12.2. The maximum Gasteiger partial charge on any atom is 0.272 e. The van der Waals surface area contributed by atoms with Crippen LogP contribution in [0.1, 0.15) is 10.4 Å². The zero-order valence-electron chi connectivity index (χ0n) is 10.5. The highest BCUT2D eigenvalue weighted by molar-refractivity contribution is 7.94. The van der Waals surface area contributed by atoms with Crippen molar-refractivity contribution in [2.75, 3.05) is 11.3 Å². The molecule has 3 N–H and O–H groups in total. The summed E-state index contributed by atoms with van der Waals surface area (Å²) < 4.78 is 27.1. The molecule has 0 fully saturated rings. The van der Waals surface area contributed by atoms with Crippen molar-refractivity contribution in [2.45, 2.75) is 17.6 Å². The van der Waals surface area contributed by atoms with Crippen LogP contribution in [0.5, 0.6) is 0 Å². The van der Waals surface area contributed by atoms with Gasteiger partial charge in [0.25, 0.3) is 10.0 Å². The lowest BCUT2D eigenvalue weighted by Crippen LogP contribution is -2.12. The fourth-order valence-corrected chi connectivity index (χ4v) is 3.93. The van der Waals surface area contributed by atoms with E-state index in [0.29, 0.717) is 18.8 Å². The minimum atomic E-state index is -3.56. The second kappa shape index (κ2) is 5.68. The van der Waals surface area contributed by atoms with Crippen LogP contribution in [0.15, 0.2) is 34.7 Å². The Morgan fingerprint density at radius 2 is 2.16 bits per heavy atom. The van der Waals surface area contributed by atoms with Gasteiger partial charge < -0.3 is 5.73 Å². The van der Waals surface area contributed by atoms with Gasteiger partial charge in [-0.2, -0.15) is 0 Å². The van der Waals surface area contributed by atoms with Crippen LogP contribution in [-0.2, 0) is 16.4 Å². The molecule has 2 heterocycles. The van der Waals surface area contributed by atoms with Gasteiger partial charge in [-0.1, -0.05) is 0 Å². The van der Waals surface area contributed by atoms with Crippen molar-refractivity contribution in [2.24, 2.45) is 5.73 Å². The van der Waals surface area contributed by atoms with E-state index in [1.54, 1.807) is 24.4 Å². The van der Waals surface area contributed by atoms with E-state index in [0.717, 1.165) is 10.4 Å². The van der Waals surface area contributed by atoms with Crippen LogP contribution in [-0.4, -0.2) is 19.9 Å². The number of sulfonamides is 1. The molecule has 0 bridgehead atoms. The summed E-state index contributed by atoms with van der Waals surface area (Å²) in [5.41, 5.74) is 6.40. The van der Waals surface area contributed by atoms with E-state index >= 15 is 0 Å². The molecule has 0 atom stereocenters. The van der Waals surface area contributed by atoms with Gasteiger partial charge >= 0.3 is 0 Å². The summed E-state index contributed by atoms with van der Waals surface area (Å²) in [5, 5.41) is 0. The maximum absolute atomic E-state index is 12.2. The molecule has 0 aromatic carbocycles. The predicted molar refractivity (Wildman–Crippen MR) is 76.9 cm³/mol. The van der Waals surface area contributed by atoms with Gasteiger partial charge in [-0.05, 0) is 49.7 Å². The third kappa shape index (κ3) is 3.52. The van der Waals surface area contributed by atoms with Crippen LogP contribution >= 0.6 is 11.3 Å². The molecule has 0 spiro atoms. The minimum absolute atomic E-state index is 0.277. The Morgan fingerprint density at radius 3 is 2.84 bits per heavy atom. The Morgan fingerprint density at radius 1 is 1.37 bits per heavy atom. The van der Waals surface area contributed by atoms with Gasteiger partial charge in [0.15, 0.2) is 0 Å². The molecule has 0 aliphatic carbocycles. The Bertz CT molecular complexity index is 665. The predicted octanol–water partition coefficient (Wildman–Crippen LogP) is 1.75. The molecular formula is C12H15N3O2S2. The first kappa shape index (κ1) is 14.0. The van der Waals surface area contributed by atoms with Gasteiger partial charge in [-0.3, -0.25) is 4.72 Å². The topological polar surface area (TPSA) is 85.1 Å². The van der Waals surface area contributed by atoms with Crippen molar-refractivity contribution >= 4 is 27.2 Å². The highest BCUT2D eigenvalue weighted by atomic mass is 32.2. The molecule has 0 amide bonds. The first-order valence-corrected chi connectivity index (χ1v) is 8.05. The summed E-state index contributed by atoms with van der Waals surface area (Å²) in [6.07, 6.45) is 2.25. The third-order valence-electron chi connectivity index (χ3n) is 2.45. The summed E-state index contributed by atoms with van der Waals surface area (Å²) in [7, 11) is -3.56. The smallest absolute Gasteiger partial charge is 0.272 e. The fraction of sp³-hybridized carbons (Fsp3) is 0.250. The number of nitrogens with one attached hydrogen (secondary N) is 1. The summed E-state index contributed by atoms with van der Waals surface area (Å²) in [4.78, 5) is 4.95.